The van der Waals surface area contributed by atoms with Crippen LogP contribution in [-0.2, 0) is 0 Å². The standard InChI is InChI=1S/C18H18N2O3/c1-19(2)13-14-23-18-11-7-16(8-12-18)4-3-15-5-9-17(10-6-15)20(21)22/h5-12H,13-14H2,1-2H3. The van der Waals surface area contributed by atoms with E-state index >= 15 is 0 Å². The Kier molecular flexibility index (Phi) is 5.73. The summed E-state index contributed by atoms with van der Waals surface area (Å²) >= 11 is 0. The van der Waals surface area contributed by atoms with E-state index < -0.39 is 4.92 Å². The Bertz CT molecular complexity index is 711. The number of ether oxygens (including phenoxy) is 1. The van der Waals surface area contributed by atoms with Crippen LogP contribution < -0.4 is 4.74 Å². The molecule has 0 radical (unpaired) electrons. The van der Waals surface area contributed by atoms with E-state index in [2.05, 4.69) is 16.7 Å². The van der Waals surface area contributed by atoms with Gasteiger partial charge in [0.25, 0.3) is 5.69 Å². The van der Waals surface area contributed by atoms with E-state index in [0.29, 0.717) is 6.61 Å². The molecule has 2 aromatic carbocycles. The normalized spacial score (nSPS) is 10.0. The van der Waals surface area contributed by atoms with E-state index in [4.69, 9.17) is 4.74 Å². The van der Waals surface area contributed by atoms with Crippen molar-refractivity contribution < 1.29 is 9.66 Å². The molecule has 0 unspecified atom stereocenters. The van der Waals surface area contributed by atoms with Crippen LogP contribution in [0.3, 0.4) is 0 Å². The highest BCUT2D eigenvalue weighted by molar-refractivity contribution is 5.46. The van der Waals surface area contributed by atoms with Crippen molar-refractivity contribution in [2.75, 3.05) is 27.2 Å². The third-order valence-electron chi connectivity index (χ3n) is 3.09. The fraction of sp³-hybridized carbons (Fsp3) is 0.222. The van der Waals surface area contributed by atoms with Crippen molar-refractivity contribution >= 4 is 5.69 Å². The van der Waals surface area contributed by atoms with Crippen molar-refractivity contribution in [3.8, 4) is 17.6 Å². The molecule has 118 valence electrons. The van der Waals surface area contributed by atoms with Crippen LogP contribution >= 0.6 is 0 Å². The van der Waals surface area contributed by atoms with Gasteiger partial charge >= 0.3 is 0 Å². The molecule has 0 saturated carbocycles. The van der Waals surface area contributed by atoms with Gasteiger partial charge in [0.1, 0.15) is 12.4 Å². The zero-order valence-electron chi connectivity index (χ0n) is 13.2. The van der Waals surface area contributed by atoms with Gasteiger partial charge in [-0.15, -0.1) is 0 Å². The molecule has 0 bridgehead atoms. The van der Waals surface area contributed by atoms with Crippen molar-refractivity contribution in [2.24, 2.45) is 0 Å². The Hall–Kier alpha value is -2.84. The van der Waals surface area contributed by atoms with E-state index in [1.54, 1.807) is 12.1 Å². The summed E-state index contributed by atoms with van der Waals surface area (Å²) in [6.45, 7) is 1.50. The third kappa shape index (κ3) is 5.46. The number of hydrogen-bond acceptors (Lipinski definition) is 4. The SMILES string of the molecule is CN(C)CCOc1ccc(C#Cc2ccc([N+](=O)[O-])cc2)cc1. The van der Waals surface area contributed by atoms with Crippen molar-refractivity contribution in [1.82, 2.24) is 4.90 Å². The van der Waals surface area contributed by atoms with E-state index in [9.17, 15) is 10.1 Å². The topological polar surface area (TPSA) is 55.6 Å². The van der Waals surface area contributed by atoms with Crippen LogP contribution in [0.4, 0.5) is 5.69 Å². The molecule has 0 aliphatic carbocycles. The van der Waals surface area contributed by atoms with Gasteiger partial charge in [0.05, 0.1) is 4.92 Å². The van der Waals surface area contributed by atoms with Crippen LogP contribution in [0.1, 0.15) is 11.1 Å². The van der Waals surface area contributed by atoms with Crippen LogP contribution in [0, 0.1) is 22.0 Å². The smallest absolute Gasteiger partial charge is 0.269 e. The summed E-state index contributed by atoms with van der Waals surface area (Å²) in [6.07, 6.45) is 0. The number of hydrogen-bond donors (Lipinski definition) is 0. The molecule has 0 spiro atoms. The highest BCUT2D eigenvalue weighted by Gasteiger charge is 2.02. The van der Waals surface area contributed by atoms with E-state index in [0.717, 1.165) is 23.4 Å². The molecule has 0 fully saturated rings. The zero-order chi connectivity index (χ0) is 16.7. The zero-order valence-corrected chi connectivity index (χ0v) is 13.2. The van der Waals surface area contributed by atoms with Gasteiger partial charge < -0.3 is 9.64 Å². The monoisotopic (exact) mass is 310 g/mol. The average molecular weight is 310 g/mol. The highest BCUT2D eigenvalue weighted by atomic mass is 16.6. The van der Waals surface area contributed by atoms with Crippen molar-refractivity contribution in [3.05, 3.63) is 69.8 Å². The van der Waals surface area contributed by atoms with Crippen molar-refractivity contribution in [1.29, 1.82) is 0 Å². The molecule has 0 aliphatic rings. The summed E-state index contributed by atoms with van der Waals surface area (Å²) in [4.78, 5) is 12.2. The lowest BCUT2D eigenvalue weighted by Gasteiger charge is -2.10. The molecule has 0 heterocycles. The lowest BCUT2D eigenvalue weighted by molar-refractivity contribution is -0.384. The van der Waals surface area contributed by atoms with Crippen LogP contribution in [0.25, 0.3) is 0 Å². The first-order valence-electron chi connectivity index (χ1n) is 7.18. The summed E-state index contributed by atoms with van der Waals surface area (Å²) < 4.78 is 5.62. The molecule has 5 nitrogen and oxygen atoms in total. The predicted molar refractivity (Wildman–Crippen MR) is 89.6 cm³/mol. The van der Waals surface area contributed by atoms with Gasteiger partial charge in [-0.1, -0.05) is 11.8 Å². The number of non-ortho nitro benzene ring substituents is 1. The summed E-state index contributed by atoms with van der Waals surface area (Å²) in [5, 5.41) is 10.6. The number of nitrogens with zero attached hydrogens (tertiary/aromatic N) is 2. The molecule has 23 heavy (non-hydrogen) atoms. The quantitative estimate of drug-likeness (QED) is 0.484. The summed E-state index contributed by atoms with van der Waals surface area (Å²) in [5.74, 6) is 6.82. The first-order valence-corrected chi connectivity index (χ1v) is 7.18. The molecular formula is C18H18N2O3. The van der Waals surface area contributed by atoms with E-state index in [1.807, 2.05) is 38.4 Å². The second kappa shape index (κ2) is 7.97. The van der Waals surface area contributed by atoms with Gasteiger partial charge in [0.15, 0.2) is 0 Å². The fourth-order valence-electron chi connectivity index (χ4n) is 1.79. The molecule has 0 atom stereocenters. The summed E-state index contributed by atoms with van der Waals surface area (Å²) in [7, 11) is 4.00. The number of benzene rings is 2. The number of nitro benzene ring substituents is 1. The molecule has 2 aromatic rings. The molecular weight excluding hydrogens is 292 g/mol. The van der Waals surface area contributed by atoms with Crippen LogP contribution in [-0.4, -0.2) is 37.1 Å². The Balaban J connectivity index is 1.97. The van der Waals surface area contributed by atoms with Gasteiger partial charge in [-0.2, -0.15) is 0 Å². The maximum Gasteiger partial charge on any atom is 0.269 e. The Labute approximate surface area is 135 Å². The van der Waals surface area contributed by atoms with Crippen LogP contribution in [0.5, 0.6) is 5.75 Å². The van der Waals surface area contributed by atoms with Gasteiger partial charge in [-0.25, -0.2) is 0 Å². The molecule has 0 N–H and O–H groups in total. The van der Waals surface area contributed by atoms with E-state index in [1.165, 1.54) is 12.1 Å². The maximum absolute atomic E-state index is 10.6. The highest BCUT2D eigenvalue weighted by Crippen LogP contribution is 2.13. The number of likely N-dealkylation sites (N-methyl/N-ethyl adjacent to an activating group) is 1. The Morgan fingerprint density at radius 3 is 2.00 bits per heavy atom. The van der Waals surface area contributed by atoms with Crippen molar-refractivity contribution in [3.63, 3.8) is 0 Å². The van der Waals surface area contributed by atoms with Crippen molar-refractivity contribution in [2.45, 2.75) is 0 Å². The van der Waals surface area contributed by atoms with Crippen LogP contribution in [0.15, 0.2) is 48.5 Å². The van der Waals surface area contributed by atoms with Gasteiger partial charge in [0, 0.05) is 29.8 Å². The van der Waals surface area contributed by atoms with E-state index in [-0.39, 0.29) is 5.69 Å². The van der Waals surface area contributed by atoms with Gasteiger partial charge in [-0.05, 0) is 50.5 Å². The average Bonchev–Trinajstić information content (AvgIpc) is 2.54. The molecule has 2 rings (SSSR count). The number of nitro groups is 1. The van der Waals surface area contributed by atoms with Gasteiger partial charge in [0.2, 0.25) is 0 Å². The molecule has 0 aliphatic heterocycles. The summed E-state index contributed by atoms with van der Waals surface area (Å²) in [5.41, 5.74) is 1.67. The molecule has 5 heteroatoms. The largest absolute Gasteiger partial charge is 0.492 e. The first kappa shape index (κ1) is 16.5. The third-order valence-corrected chi connectivity index (χ3v) is 3.09. The summed E-state index contributed by atoms with van der Waals surface area (Å²) in [6, 6.07) is 13.7. The lowest BCUT2D eigenvalue weighted by Crippen LogP contribution is -2.19. The second-order valence-electron chi connectivity index (χ2n) is 5.23. The Morgan fingerprint density at radius 2 is 1.52 bits per heavy atom. The number of rotatable bonds is 5. The molecule has 0 saturated heterocycles. The molecule has 0 aromatic heterocycles. The fourth-order valence-corrected chi connectivity index (χ4v) is 1.79. The predicted octanol–water partition coefficient (Wildman–Crippen LogP) is 2.94. The van der Waals surface area contributed by atoms with Crippen LogP contribution in [0.2, 0.25) is 0 Å². The van der Waals surface area contributed by atoms with Gasteiger partial charge in [-0.3, -0.25) is 10.1 Å². The molecule has 0 amide bonds. The minimum Gasteiger partial charge on any atom is -0.492 e. The second-order valence-corrected chi connectivity index (χ2v) is 5.23. The minimum absolute atomic E-state index is 0.0646. The Morgan fingerprint density at radius 1 is 1.00 bits per heavy atom. The minimum atomic E-state index is -0.424. The maximum atomic E-state index is 10.6. The lowest BCUT2D eigenvalue weighted by atomic mass is 10.1. The first-order chi connectivity index (χ1) is 11.0.